The molecule has 1 aromatic heterocycles. The van der Waals surface area contributed by atoms with Gasteiger partial charge in [0.15, 0.2) is 0 Å². The number of pyridine rings is 1. The van der Waals surface area contributed by atoms with Crippen molar-refractivity contribution in [2.45, 2.75) is 6.54 Å². The molecule has 2 aromatic rings. The second-order valence-electron chi connectivity index (χ2n) is 4.01. The van der Waals surface area contributed by atoms with Gasteiger partial charge in [-0.05, 0) is 23.8 Å². The number of aromatic nitrogens is 1. The third-order valence-corrected chi connectivity index (χ3v) is 2.82. The maximum atomic E-state index is 11.8. The Labute approximate surface area is 121 Å². The van der Waals surface area contributed by atoms with Gasteiger partial charge in [-0.2, -0.15) is 0 Å². The molecule has 0 spiro atoms. The van der Waals surface area contributed by atoms with Crippen molar-refractivity contribution in [2.75, 3.05) is 12.4 Å². The van der Waals surface area contributed by atoms with Gasteiger partial charge in [-0.25, -0.2) is 4.79 Å². The van der Waals surface area contributed by atoms with Gasteiger partial charge in [-0.15, -0.1) is 0 Å². The Morgan fingerprint density at radius 2 is 2.25 bits per heavy atom. The van der Waals surface area contributed by atoms with Crippen LogP contribution in [-0.2, 0) is 6.54 Å². The van der Waals surface area contributed by atoms with Crippen molar-refractivity contribution in [3.8, 4) is 5.75 Å². The molecule has 0 aliphatic rings. The number of nitrogens with one attached hydrogen (secondary N) is 2. The van der Waals surface area contributed by atoms with Crippen molar-refractivity contribution in [3.05, 3.63) is 53.3 Å². The molecule has 2 N–H and O–H groups in total. The average Bonchev–Trinajstić information content (AvgIpc) is 2.48. The summed E-state index contributed by atoms with van der Waals surface area (Å²) in [5.74, 6) is 0.508. The minimum atomic E-state index is -0.325. The van der Waals surface area contributed by atoms with Gasteiger partial charge in [-0.3, -0.25) is 4.98 Å². The second kappa shape index (κ2) is 6.77. The minimum Gasteiger partial charge on any atom is -0.495 e. The van der Waals surface area contributed by atoms with E-state index < -0.39 is 0 Å². The highest BCUT2D eigenvalue weighted by molar-refractivity contribution is 6.30. The summed E-state index contributed by atoms with van der Waals surface area (Å²) in [5, 5.41) is 5.98. The number of ether oxygens (including phenoxy) is 1. The summed E-state index contributed by atoms with van der Waals surface area (Å²) in [6.45, 7) is 0.398. The number of carbonyl (C=O) groups excluding carboxylic acids is 1. The van der Waals surface area contributed by atoms with Gasteiger partial charge in [-0.1, -0.05) is 17.7 Å². The lowest BCUT2D eigenvalue weighted by Gasteiger charge is -2.11. The smallest absolute Gasteiger partial charge is 0.319 e. The largest absolute Gasteiger partial charge is 0.495 e. The van der Waals surface area contributed by atoms with Crippen LogP contribution in [0, 0.1) is 0 Å². The van der Waals surface area contributed by atoms with E-state index in [1.165, 1.54) is 7.11 Å². The monoisotopic (exact) mass is 291 g/mol. The highest BCUT2D eigenvalue weighted by atomic mass is 35.5. The Morgan fingerprint density at radius 1 is 1.40 bits per heavy atom. The number of carbonyl (C=O) groups is 1. The number of nitrogens with zero attached hydrogens (tertiary/aromatic N) is 1. The fraction of sp³-hybridized carbons (Fsp3) is 0.143. The quantitative estimate of drug-likeness (QED) is 0.910. The number of rotatable bonds is 4. The molecule has 0 saturated heterocycles. The van der Waals surface area contributed by atoms with Gasteiger partial charge in [0.1, 0.15) is 5.75 Å². The molecular weight excluding hydrogens is 278 g/mol. The first-order chi connectivity index (χ1) is 9.69. The summed E-state index contributed by atoms with van der Waals surface area (Å²) < 4.78 is 5.15. The Bertz CT molecular complexity index is 590. The Hall–Kier alpha value is -2.27. The lowest BCUT2D eigenvalue weighted by Crippen LogP contribution is -2.28. The molecule has 0 fully saturated rings. The van der Waals surface area contributed by atoms with Crippen LogP contribution in [-0.4, -0.2) is 18.1 Å². The normalized spacial score (nSPS) is 9.90. The molecule has 2 rings (SSSR count). The lowest BCUT2D eigenvalue weighted by atomic mass is 10.3. The van der Waals surface area contributed by atoms with Crippen LogP contribution in [0.5, 0.6) is 5.75 Å². The lowest BCUT2D eigenvalue weighted by molar-refractivity contribution is 0.251. The molecule has 104 valence electrons. The topological polar surface area (TPSA) is 63.2 Å². The number of hydrogen-bond donors (Lipinski definition) is 2. The molecule has 1 aromatic carbocycles. The molecule has 0 saturated carbocycles. The molecule has 0 bridgehead atoms. The summed E-state index contributed by atoms with van der Waals surface area (Å²) in [5.41, 5.74) is 1.48. The van der Waals surface area contributed by atoms with Gasteiger partial charge in [0.05, 0.1) is 12.8 Å². The molecular formula is C14H14ClN3O2. The SMILES string of the molecule is COc1cc(Cl)ccc1NC(=O)NCc1cccnc1. The van der Waals surface area contributed by atoms with E-state index in [1.54, 1.807) is 30.6 Å². The van der Waals surface area contributed by atoms with Gasteiger partial charge in [0.2, 0.25) is 0 Å². The van der Waals surface area contributed by atoms with Crippen LogP contribution in [0.2, 0.25) is 5.02 Å². The predicted molar refractivity (Wildman–Crippen MR) is 78.1 cm³/mol. The van der Waals surface area contributed by atoms with Crippen LogP contribution in [0.25, 0.3) is 0 Å². The molecule has 0 aliphatic carbocycles. The number of halogens is 1. The first-order valence-corrected chi connectivity index (χ1v) is 6.34. The third-order valence-electron chi connectivity index (χ3n) is 2.59. The average molecular weight is 292 g/mol. The van der Waals surface area contributed by atoms with Crippen molar-refractivity contribution >= 4 is 23.3 Å². The number of anilines is 1. The van der Waals surface area contributed by atoms with Crippen LogP contribution in [0.1, 0.15) is 5.56 Å². The standard InChI is InChI=1S/C14H14ClN3O2/c1-20-13-7-11(15)4-5-12(13)18-14(19)17-9-10-3-2-6-16-8-10/h2-8H,9H2,1H3,(H2,17,18,19). The summed E-state index contributed by atoms with van der Waals surface area (Å²) in [6, 6.07) is 8.38. The fourth-order valence-corrected chi connectivity index (χ4v) is 1.78. The van der Waals surface area contributed by atoms with E-state index in [2.05, 4.69) is 15.6 Å². The molecule has 6 heteroatoms. The van der Waals surface area contributed by atoms with Gasteiger partial charge >= 0.3 is 6.03 Å². The van der Waals surface area contributed by atoms with Crippen LogP contribution in [0.4, 0.5) is 10.5 Å². The zero-order chi connectivity index (χ0) is 14.4. The molecule has 0 aliphatic heterocycles. The van der Waals surface area contributed by atoms with Crippen LogP contribution >= 0.6 is 11.6 Å². The Morgan fingerprint density at radius 3 is 2.95 bits per heavy atom. The number of methoxy groups -OCH3 is 1. The molecule has 20 heavy (non-hydrogen) atoms. The second-order valence-corrected chi connectivity index (χ2v) is 4.45. The van der Waals surface area contributed by atoms with Gasteiger partial charge < -0.3 is 15.4 Å². The van der Waals surface area contributed by atoms with E-state index in [0.717, 1.165) is 5.56 Å². The summed E-state index contributed by atoms with van der Waals surface area (Å²) in [7, 11) is 1.52. The van der Waals surface area contributed by atoms with E-state index >= 15 is 0 Å². The fourth-order valence-electron chi connectivity index (χ4n) is 1.62. The number of benzene rings is 1. The zero-order valence-electron chi connectivity index (χ0n) is 10.9. The highest BCUT2D eigenvalue weighted by Gasteiger charge is 2.07. The van der Waals surface area contributed by atoms with Gasteiger partial charge in [0, 0.05) is 30.0 Å². The van der Waals surface area contributed by atoms with Crippen molar-refractivity contribution in [1.29, 1.82) is 0 Å². The minimum absolute atomic E-state index is 0.325. The molecule has 0 atom stereocenters. The van der Waals surface area contributed by atoms with Crippen LogP contribution < -0.4 is 15.4 Å². The summed E-state index contributed by atoms with van der Waals surface area (Å²) in [4.78, 5) is 15.8. The first kappa shape index (κ1) is 14.1. The molecule has 5 nitrogen and oxygen atoms in total. The van der Waals surface area contributed by atoms with Crippen LogP contribution in [0.3, 0.4) is 0 Å². The maximum absolute atomic E-state index is 11.8. The maximum Gasteiger partial charge on any atom is 0.319 e. The Balaban J connectivity index is 1.95. The van der Waals surface area contributed by atoms with Crippen molar-refractivity contribution in [1.82, 2.24) is 10.3 Å². The summed E-state index contributed by atoms with van der Waals surface area (Å²) in [6.07, 6.45) is 3.38. The number of hydrogen-bond acceptors (Lipinski definition) is 3. The first-order valence-electron chi connectivity index (χ1n) is 5.96. The number of urea groups is 1. The highest BCUT2D eigenvalue weighted by Crippen LogP contribution is 2.27. The van der Waals surface area contributed by atoms with Crippen molar-refractivity contribution < 1.29 is 9.53 Å². The third kappa shape index (κ3) is 3.86. The molecule has 0 unspecified atom stereocenters. The molecule has 0 radical (unpaired) electrons. The van der Waals surface area contributed by atoms with Gasteiger partial charge in [0.25, 0.3) is 0 Å². The zero-order valence-corrected chi connectivity index (χ0v) is 11.6. The van der Waals surface area contributed by atoms with E-state index in [9.17, 15) is 4.79 Å². The number of amides is 2. The van der Waals surface area contributed by atoms with Crippen LogP contribution in [0.15, 0.2) is 42.7 Å². The van der Waals surface area contributed by atoms with E-state index in [0.29, 0.717) is 23.0 Å². The van der Waals surface area contributed by atoms with E-state index in [1.807, 2.05) is 12.1 Å². The van der Waals surface area contributed by atoms with Crippen molar-refractivity contribution in [2.24, 2.45) is 0 Å². The van der Waals surface area contributed by atoms with E-state index in [4.69, 9.17) is 16.3 Å². The molecule has 2 amide bonds. The molecule has 1 heterocycles. The van der Waals surface area contributed by atoms with E-state index in [-0.39, 0.29) is 6.03 Å². The van der Waals surface area contributed by atoms with Crippen molar-refractivity contribution in [3.63, 3.8) is 0 Å². The Kier molecular flexibility index (Phi) is 4.79. The summed E-state index contributed by atoms with van der Waals surface area (Å²) >= 11 is 5.86. The predicted octanol–water partition coefficient (Wildman–Crippen LogP) is 3.07.